The molecule has 0 aliphatic heterocycles. The van der Waals surface area contributed by atoms with E-state index in [4.69, 9.17) is 10.8 Å². The quantitative estimate of drug-likeness (QED) is 0.199. The number of carboxylic acid groups (broad SMARTS) is 1. The highest BCUT2D eigenvalue weighted by molar-refractivity contribution is 5.94. The van der Waals surface area contributed by atoms with Crippen LogP contribution in [-0.2, 0) is 19.2 Å². The largest absolute Gasteiger partial charge is 0.480 e. The van der Waals surface area contributed by atoms with Crippen LogP contribution in [0.25, 0.3) is 0 Å². The van der Waals surface area contributed by atoms with Crippen LogP contribution in [0.5, 0.6) is 0 Å². The summed E-state index contributed by atoms with van der Waals surface area (Å²) in [6, 6.07) is -4.95. The number of rotatable bonds is 11. The molecular weight excluding hydrogens is 372 g/mol. The van der Waals surface area contributed by atoms with Crippen molar-refractivity contribution in [3.63, 3.8) is 0 Å². The van der Waals surface area contributed by atoms with Crippen molar-refractivity contribution in [2.45, 2.75) is 77.4 Å². The molecule has 11 heteroatoms. The summed E-state index contributed by atoms with van der Waals surface area (Å²) in [5.74, 6) is -3.66. The Hall–Kier alpha value is -2.24. The van der Waals surface area contributed by atoms with Crippen LogP contribution in [0.3, 0.4) is 0 Å². The van der Waals surface area contributed by atoms with Crippen molar-refractivity contribution >= 4 is 23.7 Å². The first-order valence-corrected chi connectivity index (χ1v) is 9.03. The molecule has 0 saturated carbocycles. The minimum atomic E-state index is -1.42. The van der Waals surface area contributed by atoms with Crippen LogP contribution in [-0.4, -0.2) is 75.4 Å². The number of hydrogen-bond acceptors (Lipinski definition) is 7. The molecule has 0 radical (unpaired) electrons. The Morgan fingerprint density at radius 3 is 1.75 bits per heavy atom. The molecule has 6 unspecified atom stereocenters. The van der Waals surface area contributed by atoms with Crippen molar-refractivity contribution in [1.82, 2.24) is 16.0 Å². The van der Waals surface area contributed by atoms with Crippen LogP contribution in [0, 0.1) is 5.92 Å². The van der Waals surface area contributed by atoms with Gasteiger partial charge in [0.2, 0.25) is 17.7 Å². The number of aliphatic hydroxyl groups is 2. The number of nitrogens with two attached hydrogens (primary N) is 1. The maximum atomic E-state index is 12.6. The Labute approximate surface area is 164 Å². The number of carbonyl (C=O) groups excluding carboxylic acids is 3. The van der Waals surface area contributed by atoms with Crippen molar-refractivity contribution in [3.05, 3.63) is 0 Å². The van der Waals surface area contributed by atoms with Crippen LogP contribution in [0.2, 0.25) is 0 Å². The van der Waals surface area contributed by atoms with Crippen molar-refractivity contribution in [1.29, 1.82) is 0 Å². The first-order valence-electron chi connectivity index (χ1n) is 9.03. The molecule has 11 nitrogen and oxygen atoms in total. The molecule has 0 aliphatic rings. The van der Waals surface area contributed by atoms with Gasteiger partial charge < -0.3 is 37.0 Å². The second-order valence-corrected chi connectivity index (χ2v) is 7.25. The monoisotopic (exact) mass is 404 g/mol. The maximum Gasteiger partial charge on any atom is 0.325 e. The molecule has 0 bridgehead atoms. The van der Waals surface area contributed by atoms with Gasteiger partial charge in [0.05, 0.1) is 12.2 Å². The Morgan fingerprint density at radius 2 is 1.36 bits per heavy atom. The second kappa shape index (κ2) is 11.6. The summed E-state index contributed by atoms with van der Waals surface area (Å²) in [7, 11) is 0. The zero-order valence-electron chi connectivity index (χ0n) is 16.8. The number of amides is 3. The number of aliphatic hydroxyl groups excluding tert-OH is 2. The molecule has 0 spiro atoms. The van der Waals surface area contributed by atoms with E-state index in [1.165, 1.54) is 20.8 Å². The third-order valence-electron chi connectivity index (χ3n) is 3.95. The molecule has 8 N–H and O–H groups in total. The average Bonchev–Trinajstić information content (AvgIpc) is 2.56. The third kappa shape index (κ3) is 8.63. The van der Waals surface area contributed by atoms with E-state index < -0.39 is 60.1 Å². The fourth-order valence-electron chi connectivity index (χ4n) is 2.21. The topological polar surface area (TPSA) is 191 Å². The number of nitrogens with one attached hydrogen (secondary N) is 3. The van der Waals surface area contributed by atoms with E-state index in [1.54, 1.807) is 0 Å². The van der Waals surface area contributed by atoms with Gasteiger partial charge in [0.15, 0.2) is 0 Å². The van der Waals surface area contributed by atoms with Gasteiger partial charge in [-0.3, -0.25) is 19.2 Å². The van der Waals surface area contributed by atoms with E-state index in [-0.39, 0.29) is 12.3 Å². The van der Waals surface area contributed by atoms with E-state index in [2.05, 4.69) is 16.0 Å². The molecule has 162 valence electrons. The Bertz CT molecular complexity index is 566. The Kier molecular flexibility index (Phi) is 10.6. The molecule has 28 heavy (non-hydrogen) atoms. The molecule has 0 rings (SSSR count). The predicted molar refractivity (Wildman–Crippen MR) is 99.9 cm³/mol. The van der Waals surface area contributed by atoms with Gasteiger partial charge in [0.1, 0.15) is 24.2 Å². The average molecular weight is 404 g/mol. The number of aliphatic carboxylic acids is 1. The summed E-state index contributed by atoms with van der Waals surface area (Å²) in [5.41, 5.74) is 5.57. The minimum Gasteiger partial charge on any atom is -0.480 e. The van der Waals surface area contributed by atoms with E-state index in [9.17, 15) is 29.4 Å². The zero-order valence-corrected chi connectivity index (χ0v) is 16.8. The normalized spacial score (nSPS) is 17.6. The van der Waals surface area contributed by atoms with Crippen LogP contribution < -0.4 is 21.7 Å². The summed E-state index contributed by atoms with van der Waals surface area (Å²) in [4.78, 5) is 47.8. The minimum absolute atomic E-state index is 0.00955. The molecule has 0 aliphatic carbocycles. The lowest BCUT2D eigenvalue weighted by molar-refractivity contribution is -0.142. The van der Waals surface area contributed by atoms with Crippen LogP contribution in [0.15, 0.2) is 0 Å². The maximum absolute atomic E-state index is 12.6. The van der Waals surface area contributed by atoms with E-state index in [1.807, 2.05) is 13.8 Å². The van der Waals surface area contributed by atoms with Gasteiger partial charge in [-0.15, -0.1) is 0 Å². The Balaban J connectivity index is 5.29. The fraction of sp³-hybridized carbons (Fsp3) is 0.765. The fourth-order valence-corrected chi connectivity index (χ4v) is 2.21. The van der Waals surface area contributed by atoms with E-state index >= 15 is 0 Å². The lowest BCUT2D eigenvalue weighted by Gasteiger charge is -2.27. The summed E-state index contributed by atoms with van der Waals surface area (Å²) in [6.07, 6.45) is -2.24. The first-order chi connectivity index (χ1) is 12.8. The van der Waals surface area contributed by atoms with E-state index in [0.717, 1.165) is 0 Å². The summed E-state index contributed by atoms with van der Waals surface area (Å²) >= 11 is 0. The predicted octanol–water partition coefficient (Wildman–Crippen LogP) is -2.32. The number of hydrogen-bond donors (Lipinski definition) is 7. The van der Waals surface area contributed by atoms with Gasteiger partial charge in [0, 0.05) is 0 Å². The van der Waals surface area contributed by atoms with Crippen molar-refractivity contribution < 1.29 is 34.5 Å². The highest BCUT2D eigenvalue weighted by Crippen LogP contribution is 2.07. The lowest BCUT2D eigenvalue weighted by atomic mass is 10.0. The lowest BCUT2D eigenvalue weighted by Crippen LogP contribution is -2.60. The number of carboxylic acids is 1. The van der Waals surface area contributed by atoms with Gasteiger partial charge >= 0.3 is 5.97 Å². The molecule has 0 aromatic rings. The van der Waals surface area contributed by atoms with Crippen LogP contribution in [0.4, 0.5) is 0 Å². The molecule has 3 amide bonds. The van der Waals surface area contributed by atoms with Gasteiger partial charge in [-0.25, -0.2) is 0 Å². The summed E-state index contributed by atoms with van der Waals surface area (Å²) < 4.78 is 0. The SMILES string of the molecule is CC(C)CC(NC(=O)C(N)C(C)O)C(=O)NC(C(=O)NC(C)C(=O)O)C(C)O. The van der Waals surface area contributed by atoms with Gasteiger partial charge in [-0.05, 0) is 33.1 Å². The molecule has 0 fully saturated rings. The smallest absolute Gasteiger partial charge is 0.325 e. The highest BCUT2D eigenvalue weighted by Gasteiger charge is 2.32. The van der Waals surface area contributed by atoms with Crippen LogP contribution >= 0.6 is 0 Å². The molecule has 0 saturated heterocycles. The van der Waals surface area contributed by atoms with Gasteiger partial charge in [-0.1, -0.05) is 13.8 Å². The molecule has 0 aromatic heterocycles. The third-order valence-corrected chi connectivity index (χ3v) is 3.95. The van der Waals surface area contributed by atoms with Crippen molar-refractivity contribution in [2.24, 2.45) is 11.7 Å². The second-order valence-electron chi connectivity index (χ2n) is 7.25. The van der Waals surface area contributed by atoms with Gasteiger partial charge in [-0.2, -0.15) is 0 Å². The summed E-state index contributed by atoms with van der Waals surface area (Å²) in [6.45, 7) is 7.46. The highest BCUT2D eigenvalue weighted by atomic mass is 16.4. The standard InChI is InChI=1S/C17H32N4O7/c1-7(2)6-11(20-15(25)12(18)9(4)22)14(24)21-13(10(5)23)16(26)19-8(3)17(27)28/h7-13,22-23H,6,18H2,1-5H3,(H,19,26)(H,20,25)(H,21,24)(H,27,28). The van der Waals surface area contributed by atoms with Crippen molar-refractivity contribution in [2.75, 3.05) is 0 Å². The molecule has 0 heterocycles. The van der Waals surface area contributed by atoms with Crippen molar-refractivity contribution in [3.8, 4) is 0 Å². The first kappa shape index (κ1) is 25.8. The zero-order chi connectivity index (χ0) is 22.2. The van der Waals surface area contributed by atoms with E-state index in [0.29, 0.717) is 0 Å². The number of carbonyl (C=O) groups is 4. The van der Waals surface area contributed by atoms with Gasteiger partial charge in [0.25, 0.3) is 0 Å². The molecular formula is C17H32N4O7. The Morgan fingerprint density at radius 1 is 0.821 bits per heavy atom. The summed E-state index contributed by atoms with van der Waals surface area (Å²) in [5, 5.41) is 35.0. The van der Waals surface area contributed by atoms with Crippen LogP contribution in [0.1, 0.15) is 41.0 Å². The molecule has 0 aromatic carbocycles. The molecule has 6 atom stereocenters.